The maximum absolute atomic E-state index is 13.0. The second-order valence-corrected chi connectivity index (χ2v) is 8.76. The van der Waals surface area contributed by atoms with Gasteiger partial charge in [0.25, 0.3) is 5.91 Å². The van der Waals surface area contributed by atoms with Crippen LogP contribution in [0.5, 0.6) is 0 Å². The second kappa shape index (κ2) is 10.4. The number of rotatable bonds is 7. The summed E-state index contributed by atoms with van der Waals surface area (Å²) < 4.78 is 15.9. The van der Waals surface area contributed by atoms with Crippen molar-refractivity contribution >= 4 is 23.7 Å². The average Bonchev–Trinajstić information content (AvgIpc) is 3.16. The van der Waals surface area contributed by atoms with Gasteiger partial charge in [-0.1, -0.05) is 44.5 Å². The van der Waals surface area contributed by atoms with E-state index in [0.29, 0.717) is 17.6 Å². The van der Waals surface area contributed by atoms with Gasteiger partial charge in [-0.3, -0.25) is 4.79 Å². The normalized spacial score (nSPS) is 20.6. The van der Waals surface area contributed by atoms with Gasteiger partial charge >= 0.3 is 11.9 Å². The molecule has 32 heavy (non-hydrogen) atoms. The van der Waals surface area contributed by atoms with Crippen molar-refractivity contribution in [2.45, 2.75) is 53.1 Å². The highest BCUT2D eigenvalue weighted by Crippen LogP contribution is 2.35. The highest BCUT2D eigenvalue weighted by molar-refractivity contribution is 6.04. The van der Waals surface area contributed by atoms with Crippen LogP contribution in [0.25, 0.3) is 0 Å². The molecule has 1 amide bonds. The molecule has 3 atom stereocenters. The summed E-state index contributed by atoms with van der Waals surface area (Å²) in [7, 11) is 0. The Balaban J connectivity index is 1.64. The fraction of sp³-hybridized carbons (Fsp3) is 0.500. The molecule has 0 bridgehead atoms. The third kappa shape index (κ3) is 5.96. The Bertz CT molecular complexity index is 967. The van der Waals surface area contributed by atoms with Crippen molar-refractivity contribution in [1.82, 2.24) is 5.16 Å². The number of nitrogens with one attached hydrogen (secondary N) is 1. The largest absolute Gasteiger partial charge is 0.458 e. The molecule has 0 aliphatic heterocycles. The number of nitrogens with zero attached hydrogens (tertiary/aromatic N) is 1. The van der Waals surface area contributed by atoms with Crippen LogP contribution in [0.15, 0.2) is 34.9 Å². The number of aryl methyl sites for hydroxylation is 1. The third-order valence-electron chi connectivity index (χ3n) is 5.82. The minimum atomic E-state index is -0.776. The van der Waals surface area contributed by atoms with Crippen molar-refractivity contribution in [3.63, 3.8) is 0 Å². The Morgan fingerprint density at radius 2 is 1.84 bits per heavy atom. The number of hydrogen-bond donors (Lipinski definition) is 1. The molecule has 1 fully saturated rings. The van der Waals surface area contributed by atoms with Crippen LogP contribution in [0.1, 0.15) is 66.5 Å². The number of esters is 2. The van der Waals surface area contributed by atoms with Gasteiger partial charge in [-0.2, -0.15) is 0 Å². The Kier molecular flexibility index (Phi) is 7.66. The fourth-order valence-corrected chi connectivity index (χ4v) is 4.10. The van der Waals surface area contributed by atoms with Crippen LogP contribution in [-0.4, -0.2) is 35.7 Å². The van der Waals surface area contributed by atoms with Gasteiger partial charge in [0.1, 0.15) is 11.9 Å². The van der Waals surface area contributed by atoms with E-state index in [2.05, 4.69) is 31.2 Å². The van der Waals surface area contributed by atoms with Crippen molar-refractivity contribution in [3.05, 3.63) is 47.2 Å². The van der Waals surface area contributed by atoms with E-state index >= 15 is 0 Å². The summed E-state index contributed by atoms with van der Waals surface area (Å²) in [5.74, 6) is 0.0420. The minimum Gasteiger partial charge on any atom is -0.458 e. The first-order chi connectivity index (χ1) is 15.2. The fourth-order valence-electron chi connectivity index (χ4n) is 4.10. The lowest BCUT2D eigenvalue weighted by molar-refractivity contribution is -0.119. The Hall–Kier alpha value is -3.16. The van der Waals surface area contributed by atoms with Crippen molar-refractivity contribution in [2.24, 2.45) is 17.8 Å². The predicted molar refractivity (Wildman–Crippen MR) is 117 cm³/mol. The molecule has 2 aromatic rings. The maximum Gasteiger partial charge on any atom is 0.339 e. The summed E-state index contributed by atoms with van der Waals surface area (Å²) in [6.07, 6.45) is 2.76. The topological polar surface area (TPSA) is 108 Å². The number of carbonyl (C=O) groups is 3. The lowest BCUT2D eigenvalue weighted by atomic mass is 9.75. The Labute approximate surface area is 187 Å². The molecule has 1 aliphatic carbocycles. The molecule has 1 aromatic heterocycles. The molecule has 1 saturated carbocycles. The standard InChI is InChI=1S/C24H30N2O6/c1-14(2)17-10-9-15(3)11-20(17)31-24(29)19-8-6-5-7-18(19)23(28)30-13-22(27)25-21-12-16(4)32-26-21/h5-8,12,14-15,17,20H,9-11,13H2,1-4H3,(H,25,26,27)/t15-,17+,20-/m1/s1. The quantitative estimate of drug-likeness (QED) is 0.633. The van der Waals surface area contributed by atoms with Gasteiger partial charge in [-0.05, 0) is 49.7 Å². The molecule has 3 rings (SSSR count). The third-order valence-corrected chi connectivity index (χ3v) is 5.82. The van der Waals surface area contributed by atoms with Gasteiger partial charge in [-0.25, -0.2) is 9.59 Å². The number of hydrogen-bond acceptors (Lipinski definition) is 7. The zero-order valence-corrected chi connectivity index (χ0v) is 18.9. The molecule has 1 heterocycles. The van der Waals surface area contributed by atoms with Gasteiger partial charge in [0, 0.05) is 6.07 Å². The zero-order valence-electron chi connectivity index (χ0n) is 18.9. The highest BCUT2D eigenvalue weighted by Gasteiger charge is 2.34. The molecule has 0 unspecified atom stereocenters. The first kappa shape index (κ1) is 23.5. The van der Waals surface area contributed by atoms with E-state index in [1.165, 1.54) is 12.1 Å². The van der Waals surface area contributed by atoms with Crippen molar-refractivity contribution in [3.8, 4) is 0 Å². The first-order valence-corrected chi connectivity index (χ1v) is 10.9. The lowest BCUT2D eigenvalue weighted by Gasteiger charge is -2.36. The summed E-state index contributed by atoms with van der Waals surface area (Å²) in [5, 5.41) is 6.12. The molecule has 1 N–H and O–H groups in total. The highest BCUT2D eigenvalue weighted by atomic mass is 16.5. The van der Waals surface area contributed by atoms with E-state index < -0.39 is 24.5 Å². The molecule has 1 aliphatic rings. The first-order valence-electron chi connectivity index (χ1n) is 10.9. The summed E-state index contributed by atoms with van der Waals surface area (Å²) in [4.78, 5) is 37.6. The molecule has 0 saturated heterocycles. The van der Waals surface area contributed by atoms with E-state index in [0.717, 1.165) is 19.3 Å². The summed E-state index contributed by atoms with van der Waals surface area (Å²) in [6, 6.07) is 7.86. The number of carbonyl (C=O) groups excluding carboxylic acids is 3. The van der Waals surface area contributed by atoms with Gasteiger partial charge in [0.05, 0.1) is 11.1 Å². The summed E-state index contributed by atoms with van der Waals surface area (Å²) >= 11 is 0. The number of aromatic nitrogens is 1. The van der Waals surface area contributed by atoms with E-state index in [4.69, 9.17) is 14.0 Å². The molecular weight excluding hydrogens is 412 g/mol. The van der Waals surface area contributed by atoms with Crippen LogP contribution in [0.4, 0.5) is 5.82 Å². The second-order valence-electron chi connectivity index (χ2n) is 8.76. The summed E-state index contributed by atoms with van der Waals surface area (Å²) in [6.45, 7) is 7.60. The molecular formula is C24H30N2O6. The van der Waals surface area contributed by atoms with Crippen LogP contribution in [-0.2, 0) is 14.3 Å². The van der Waals surface area contributed by atoms with Gasteiger partial charge < -0.3 is 19.3 Å². The zero-order chi connectivity index (χ0) is 23.3. The molecule has 8 heteroatoms. The number of anilines is 1. The van der Waals surface area contributed by atoms with E-state index in [1.54, 1.807) is 25.1 Å². The van der Waals surface area contributed by atoms with Crippen LogP contribution >= 0.6 is 0 Å². The van der Waals surface area contributed by atoms with Crippen molar-refractivity contribution in [1.29, 1.82) is 0 Å². The Morgan fingerprint density at radius 1 is 1.16 bits per heavy atom. The van der Waals surface area contributed by atoms with Crippen LogP contribution < -0.4 is 5.32 Å². The van der Waals surface area contributed by atoms with Gasteiger partial charge in [0.15, 0.2) is 12.4 Å². The van der Waals surface area contributed by atoms with Crippen LogP contribution in [0.3, 0.4) is 0 Å². The van der Waals surface area contributed by atoms with E-state index in [1.807, 2.05) is 0 Å². The van der Waals surface area contributed by atoms with Crippen LogP contribution in [0.2, 0.25) is 0 Å². The molecule has 0 spiro atoms. The SMILES string of the molecule is Cc1cc(NC(=O)COC(=O)c2ccccc2C(=O)O[C@@H]2C[C@H](C)CC[C@H]2C(C)C)no1. The Morgan fingerprint density at radius 3 is 2.47 bits per heavy atom. The number of benzene rings is 1. The van der Waals surface area contributed by atoms with Crippen molar-refractivity contribution < 1.29 is 28.4 Å². The molecule has 1 aromatic carbocycles. The number of ether oxygens (including phenoxy) is 2. The van der Waals surface area contributed by atoms with Gasteiger partial charge in [-0.15, -0.1) is 0 Å². The average molecular weight is 443 g/mol. The molecule has 172 valence electrons. The molecule has 8 nitrogen and oxygen atoms in total. The van der Waals surface area contributed by atoms with E-state index in [9.17, 15) is 14.4 Å². The smallest absolute Gasteiger partial charge is 0.339 e. The lowest BCUT2D eigenvalue weighted by Crippen LogP contribution is -2.36. The maximum atomic E-state index is 13.0. The minimum absolute atomic E-state index is 0.0625. The summed E-state index contributed by atoms with van der Waals surface area (Å²) in [5.41, 5.74) is 0.193. The van der Waals surface area contributed by atoms with Crippen molar-refractivity contribution in [2.75, 3.05) is 11.9 Å². The monoisotopic (exact) mass is 442 g/mol. The predicted octanol–water partition coefficient (Wildman–Crippen LogP) is 4.40. The van der Waals surface area contributed by atoms with Gasteiger partial charge in [0.2, 0.25) is 0 Å². The van der Waals surface area contributed by atoms with Crippen LogP contribution in [0, 0.1) is 24.7 Å². The van der Waals surface area contributed by atoms with E-state index in [-0.39, 0.29) is 29.0 Å². The molecule has 0 radical (unpaired) electrons. The number of amides is 1.